The van der Waals surface area contributed by atoms with Crippen LogP contribution in [-0.2, 0) is 23.4 Å². The van der Waals surface area contributed by atoms with Crippen LogP contribution in [0, 0.1) is 0 Å². The minimum atomic E-state index is -4.19. The SMILES string of the molecule is CC(C)OC(=O)[C@@H](C)N[P@](=O)(Oc1ccccc1)O[C@H]1CC12C[C@@](C)(F)[C@H](n1ccc(=O)[nH]c1=O)O2. The van der Waals surface area contributed by atoms with Crippen LogP contribution in [0.1, 0.15) is 46.8 Å². The second-order valence-electron chi connectivity index (χ2n) is 9.54. The van der Waals surface area contributed by atoms with Gasteiger partial charge in [-0.1, -0.05) is 18.2 Å². The number of H-pyrrole nitrogens is 1. The zero-order chi connectivity index (χ0) is 26.3. The van der Waals surface area contributed by atoms with E-state index in [4.69, 9.17) is 18.5 Å². The fourth-order valence-electron chi connectivity index (χ4n) is 4.21. The van der Waals surface area contributed by atoms with E-state index in [1.54, 1.807) is 44.2 Å². The largest absolute Gasteiger partial charge is 0.462 e. The molecule has 11 nitrogen and oxygen atoms in total. The highest BCUT2D eigenvalue weighted by atomic mass is 31.2. The molecule has 0 amide bonds. The standard InChI is InChI=1S/C23H29FN3O8P/c1-14(2)32-19(29)15(3)26-36(31,34-16-8-6-5-7-9-16)35-17-12-23(17)13-22(4,24)20(33-23)27-11-10-18(28)25-21(27)30/h5-11,14-15,17,20H,12-13H2,1-4H3,(H,26,31)(H,25,28,30)/t15-,17+,20-,22-,23?,36+/m1/s1. The summed E-state index contributed by atoms with van der Waals surface area (Å²) in [6.07, 6.45) is -1.39. The van der Waals surface area contributed by atoms with E-state index in [0.717, 1.165) is 16.8 Å². The highest BCUT2D eigenvalue weighted by Crippen LogP contribution is 2.63. The molecule has 13 heteroatoms. The minimum absolute atomic E-state index is 0.156. The molecule has 1 aliphatic heterocycles. The molecule has 36 heavy (non-hydrogen) atoms. The van der Waals surface area contributed by atoms with E-state index in [-0.39, 0.29) is 24.7 Å². The number of aromatic amines is 1. The topological polar surface area (TPSA) is 138 Å². The number of alkyl halides is 1. The first-order valence-corrected chi connectivity index (χ1v) is 13.1. The van der Waals surface area contributed by atoms with Gasteiger partial charge in [0.1, 0.15) is 23.5 Å². The Morgan fingerprint density at radius 3 is 2.58 bits per heavy atom. The molecule has 0 bridgehead atoms. The van der Waals surface area contributed by atoms with Crippen LogP contribution < -0.4 is 20.9 Å². The van der Waals surface area contributed by atoms with Crippen molar-refractivity contribution in [3.63, 3.8) is 0 Å². The van der Waals surface area contributed by atoms with Crippen molar-refractivity contribution in [2.75, 3.05) is 0 Å². The molecular formula is C23H29FN3O8P. The molecule has 2 aliphatic rings. The Labute approximate surface area is 206 Å². The number of para-hydroxylation sites is 1. The van der Waals surface area contributed by atoms with Gasteiger partial charge in [0, 0.05) is 25.1 Å². The van der Waals surface area contributed by atoms with Gasteiger partial charge in [-0.05, 0) is 39.8 Å². The Morgan fingerprint density at radius 1 is 1.25 bits per heavy atom. The normalized spacial score (nSPS) is 29.6. The fourth-order valence-corrected chi connectivity index (χ4v) is 5.94. The molecule has 2 fully saturated rings. The lowest BCUT2D eigenvalue weighted by atomic mass is 10.0. The highest BCUT2D eigenvalue weighted by molar-refractivity contribution is 7.52. The quantitative estimate of drug-likeness (QED) is 0.374. The maximum atomic E-state index is 15.6. The number of benzene rings is 1. The zero-order valence-corrected chi connectivity index (χ0v) is 21.2. The van der Waals surface area contributed by atoms with Crippen molar-refractivity contribution in [2.45, 2.75) is 76.3 Å². The van der Waals surface area contributed by atoms with E-state index in [0.29, 0.717) is 0 Å². The summed E-state index contributed by atoms with van der Waals surface area (Å²) in [4.78, 5) is 38.0. The summed E-state index contributed by atoms with van der Waals surface area (Å²) in [6.45, 7) is 6.11. The molecule has 1 aliphatic carbocycles. The molecule has 1 unspecified atom stereocenters. The van der Waals surface area contributed by atoms with Gasteiger partial charge in [-0.3, -0.25) is 23.7 Å². The van der Waals surface area contributed by atoms with Gasteiger partial charge in [-0.25, -0.2) is 13.8 Å². The van der Waals surface area contributed by atoms with Gasteiger partial charge < -0.3 is 14.0 Å². The lowest BCUT2D eigenvalue weighted by Crippen LogP contribution is -2.38. The number of rotatable bonds is 9. The second kappa shape index (κ2) is 9.59. The third-order valence-corrected chi connectivity index (χ3v) is 7.55. The van der Waals surface area contributed by atoms with E-state index in [1.807, 2.05) is 0 Å². The third kappa shape index (κ3) is 5.62. The number of halogens is 1. The van der Waals surface area contributed by atoms with Crippen molar-refractivity contribution in [2.24, 2.45) is 0 Å². The summed E-state index contributed by atoms with van der Waals surface area (Å²) < 4.78 is 52.9. The van der Waals surface area contributed by atoms with Crippen LogP contribution in [0.5, 0.6) is 5.75 Å². The molecule has 6 atom stereocenters. The summed E-state index contributed by atoms with van der Waals surface area (Å²) in [6, 6.07) is 8.29. The van der Waals surface area contributed by atoms with Crippen LogP contribution in [0.2, 0.25) is 0 Å². The molecule has 0 radical (unpaired) electrons. The Balaban J connectivity index is 1.54. The predicted octanol–water partition coefficient (Wildman–Crippen LogP) is 2.83. The number of carbonyl (C=O) groups excluding carboxylic acids is 1. The van der Waals surface area contributed by atoms with Gasteiger partial charge in [0.15, 0.2) is 11.9 Å². The Bertz CT molecular complexity index is 1280. The molecule has 1 aromatic carbocycles. The first-order chi connectivity index (χ1) is 16.8. The van der Waals surface area contributed by atoms with Crippen LogP contribution in [0.15, 0.2) is 52.2 Å². The molecule has 1 saturated carbocycles. The number of hydrogen-bond acceptors (Lipinski definition) is 8. The van der Waals surface area contributed by atoms with Crippen molar-refractivity contribution in [3.8, 4) is 5.75 Å². The zero-order valence-electron chi connectivity index (χ0n) is 20.3. The van der Waals surface area contributed by atoms with E-state index < -0.39 is 54.6 Å². The number of esters is 1. The van der Waals surface area contributed by atoms with Crippen molar-refractivity contribution in [3.05, 3.63) is 63.4 Å². The summed E-state index contributed by atoms with van der Waals surface area (Å²) in [5, 5.41) is 2.60. The van der Waals surface area contributed by atoms with Gasteiger partial charge in [0.2, 0.25) is 0 Å². The van der Waals surface area contributed by atoms with Crippen molar-refractivity contribution in [1.29, 1.82) is 0 Å². The summed E-state index contributed by atoms with van der Waals surface area (Å²) >= 11 is 0. The van der Waals surface area contributed by atoms with E-state index >= 15 is 4.39 Å². The van der Waals surface area contributed by atoms with Crippen LogP contribution in [0.4, 0.5) is 4.39 Å². The maximum Gasteiger partial charge on any atom is 0.459 e. The van der Waals surface area contributed by atoms with Gasteiger partial charge in [0.05, 0.1) is 6.10 Å². The Morgan fingerprint density at radius 2 is 1.94 bits per heavy atom. The lowest BCUT2D eigenvalue weighted by Gasteiger charge is -2.24. The molecular weight excluding hydrogens is 496 g/mol. The minimum Gasteiger partial charge on any atom is -0.462 e. The van der Waals surface area contributed by atoms with Crippen molar-refractivity contribution in [1.82, 2.24) is 14.6 Å². The van der Waals surface area contributed by atoms with Gasteiger partial charge in [-0.15, -0.1) is 0 Å². The van der Waals surface area contributed by atoms with Gasteiger partial charge >= 0.3 is 19.4 Å². The van der Waals surface area contributed by atoms with Gasteiger partial charge in [0.25, 0.3) is 5.56 Å². The Kier molecular flexibility index (Phi) is 7.00. The first-order valence-electron chi connectivity index (χ1n) is 11.5. The second-order valence-corrected chi connectivity index (χ2v) is 11.2. The number of ether oxygens (including phenoxy) is 2. The molecule has 196 valence electrons. The van der Waals surface area contributed by atoms with E-state index in [2.05, 4.69) is 10.1 Å². The maximum absolute atomic E-state index is 15.6. The Hall–Kier alpha value is -2.79. The molecule has 2 N–H and O–H groups in total. The monoisotopic (exact) mass is 525 g/mol. The number of nitrogens with zero attached hydrogens (tertiary/aromatic N) is 1. The number of aromatic nitrogens is 2. The number of nitrogens with one attached hydrogen (secondary N) is 2. The summed E-state index contributed by atoms with van der Waals surface area (Å²) in [7, 11) is -4.19. The first kappa shape index (κ1) is 26.3. The molecule has 1 spiro atoms. The molecule has 2 heterocycles. The molecule has 1 saturated heterocycles. The predicted molar refractivity (Wildman–Crippen MR) is 126 cm³/mol. The van der Waals surface area contributed by atoms with E-state index in [9.17, 15) is 18.9 Å². The van der Waals surface area contributed by atoms with Crippen LogP contribution >= 0.6 is 7.75 Å². The van der Waals surface area contributed by atoms with E-state index in [1.165, 1.54) is 13.8 Å². The fraction of sp³-hybridized carbons (Fsp3) is 0.522. The number of carbonyl (C=O) groups is 1. The average Bonchev–Trinajstić information content (AvgIpc) is 3.32. The summed E-state index contributed by atoms with van der Waals surface area (Å²) in [5.41, 5.74) is -4.61. The van der Waals surface area contributed by atoms with Crippen LogP contribution in [0.3, 0.4) is 0 Å². The molecule has 4 rings (SSSR count). The average molecular weight is 525 g/mol. The smallest absolute Gasteiger partial charge is 0.459 e. The van der Waals surface area contributed by atoms with Crippen molar-refractivity contribution >= 4 is 13.7 Å². The van der Waals surface area contributed by atoms with Crippen LogP contribution in [0.25, 0.3) is 0 Å². The summed E-state index contributed by atoms with van der Waals surface area (Å²) in [5.74, 6) is -0.422. The van der Waals surface area contributed by atoms with Gasteiger partial charge in [-0.2, -0.15) is 5.09 Å². The molecule has 1 aromatic heterocycles. The highest BCUT2D eigenvalue weighted by Gasteiger charge is 2.70. The number of hydrogen-bond donors (Lipinski definition) is 2. The molecule has 2 aromatic rings. The van der Waals surface area contributed by atoms with Crippen molar-refractivity contribution < 1.29 is 32.3 Å². The lowest BCUT2D eigenvalue weighted by molar-refractivity contribution is -0.149. The van der Waals surface area contributed by atoms with Crippen LogP contribution in [-0.4, -0.2) is 45.0 Å². The third-order valence-electron chi connectivity index (χ3n) is 5.86.